The molecule has 0 aromatic rings. The van der Waals surface area contributed by atoms with Crippen LogP contribution < -0.4 is 5.32 Å². The minimum atomic E-state index is -0.524. The second kappa shape index (κ2) is 6.67. The fourth-order valence-electron chi connectivity index (χ4n) is 1.11. The zero-order valence-electron chi connectivity index (χ0n) is 8.72. The maximum Gasteiger partial charge on any atom is 0.130 e. The Morgan fingerprint density at radius 3 is 2.93 bits per heavy atom. The summed E-state index contributed by atoms with van der Waals surface area (Å²) in [6.07, 6.45) is 4.87. The van der Waals surface area contributed by atoms with Crippen LogP contribution in [-0.4, -0.2) is 18.1 Å². The van der Waals surface area contributed by atoms with E-state index in [0.717, 1.165) is 18.1 Å². The molecule has 0 fully saturated rings. The number of thioether (sulfide) groups is 1. The molecule has 4 heteroatoms. The van der Waals surface area contributed by atoms with Crippen molar-refractivity contribution in [3.05, 3.63) is 35.6 Å². The second-order valence-electron chi connectivity index (χ2n) is 3.21. The summed E-state index contributed by atoms with van der Waals surface area (Å²) in [6.45, 7) is 2.25. The van der Waals surface area contributed by atoms with E-state index in [1.54, 1.807) is 11.8 Å². The molecule has 0 atom stereocenters. The van der Waals surface area contributed by atoms with Gasteiger partial charge in [0, 0.05) is 17.9 Å². The number of nitrogens with one attached hydrogen (secondary N) is 1. The average molecular weight is 231 g/mol. The summed E-state index contributed by atoms with van der Waals surface area (Å²) in [5, 5.41) is 2.95. The predicted molar refractivity (Wildman–Crippen MR) is 62.1 cm³/mol. The molecule has 0 saturated carbocycles. The van der Waals surface area contributed by atoms with Crippen LogP contribution in [0.3, 0.4) is 0 Å². The zero-order valence-corrected chi connectivity index (χ0v) is 9.54. The van der Waals surface area contributed by atoms with Crippen LogP contribution in [0.25, 0.3) is 0 Å². The Labute approximate surface area is 93.3 Å². The first-order chi connectivity index (χ1) is 7.22. The molecule has 1 nitrogen and oxygen atoms in total. The van der Waals surface area contributed by atoms with E-state index in [1.165, 1.54) is 25.3 Å². The number of hydrogen-bond donors (Lipinski definition) is 1. The van der Waals surface area contributed by atoms with Crippen LogP contribution in [0.1, 0.15) is 13.3 Å². The first-order valence-corrected chi connectivity index (χ1v) is 6.07. The summed E-state index contributed by atoms with van der Waals surface area (Å²) >= 11 is 1.75. The van der Waals surface area contributed by atoms with Crippen LogP contribution in [-0.2, 0) is 0 Å². The molecule has 1 rings (SSSR count). The van der Waals surface area contributed by atoms with E-state index in [1.807, 2.05) is 0 Å². The van der Waals surface area contributed by atoms with Crippen molar-refractivity contribution in [1.82, 2.24) is 5.32 Å². The largest absolute Gasteiger partial charge is 0.390 e. The minimum Gasteiger partial charge on any atom is -0.390 e. The summed E-state index contributed by atoms with van der Waals surface area (Å²) in [5.74, 6) is 0.834. The number of hydrogen-bond acceptors (Lipinski definition) is 2. The van der Waals surface area contributed by atoms with Crippen molar-refractivity contribution in [2.75, 3.05) is 18.1 Å². The Hall–Kier alpha value is -0.770. The Kier molecular flexibility index (Phi) is 5.47. The van der Waals surface area contributed by atoms with Crippen LogP contribution in [0.15, 0.2) is 35.6 Å². The maximum atomic E-state index is 13.3. The Morgan fingerprint density at radius 1 is 1.33 bits per heavy atom. The van der Waals surface area contributed by atoms with Crippen LogP contribution in [0.4, 0.5) is 8.78 Å². The van der Waals surface area contributed by atoms with Crippen LogP contribution in [0.5, 0.6) is 0 Å². The van der Waals surface area contributed by atoms with Gasteiger partial charge in [0.15, 0.2) is 0 Å². The molecule has 84 valence electrons. The van der Waals surface area contributed by atoms with Crippen LogP contribution in [0.2, 0.25) is 0 Å². The molecule has 0 aromatic carbocycles. The number of allylic oxidation sites excluding steroid dienone is 5. The Bertz CT molecular complexity index is 295. The van der Waals surface area contributed by atoms with Gasteiger partial charge in [-0.2, -0.15) is 11.8 Å². The smallest absolute Gasteiger partial charge is 0.130 e. The third kappa shape index (κ3) is 4.51. The summed E-state index contributed by atoms with van der Waals surface area (Å²) in [4.78, 5) is 0. The Morgan fingerprint density at radius 2 is 2.13 bits per heavy atom. The van der Waals surface area contributed by atoms with E-state index in [9.17, 15) is 8.78 Å². The molecule has 1 aliphatic heterocycles. The van der Waals surface area contributed by atoms with Crippen molar-refractivity contribution in [1.29, 1.82) is 0 Å². The lowest BCUT2D eigenvalue weighted by Gasteiger charge is -2.03. The van der Waals surface area contributed by atoms with Crippen molar-refractivity contribution in [3.63, 3.8) is 0 Å². The van der Waals surface area contributed by atoms with Gasteiger partial charge in [0.1, 0.15) is 11.7 Å². The highest BCUT2D eigenvalue weighted by molar-refractivity contribution is 7.99. The molecular formula is C11H15F2NS. The van der Waals surface area contributed by atoms with Gasteiger partial charge >= 0.3 is 0 Å². The van der Waals surface area contributed by atoms with Gasteiger partial charge in [0.2, 0.25) is 0 Å². The van der Waals surface area contributed by atoms with E-state index in [0.29, 0.717) is 6.42 Å². The van der Waals surface area contributed by atoms with E-state index < -0.39 is 11.7 Å². The van der Waals surface area contributed by atoms with Gasteiger partial charge in [-0.25, -0.2) is 8.78 Å². The molecule has 1 heterocycles. The third-order valence-electron chi connectivity index (χ3n) is 2.04. The first kappa shape index (κ1) is 12.3. The SMILES string of the molecule is CC1=C(F)/C=C/NCCSCC/C=C\1F. The molecule has 0 aromatic heterocycles. The molecule has 0 aliphatic carbocycles. The quantitative estimate of drug-likeness (QED) is 0.686. The zero-order chi connectivity index (χ0) is 11.1. The minimum absolute atomic E-state index is 0.0682. The lowest BCUT2D eigenvalue weighted by Crippen LogP contribution is -2.09. The van der Waals surface area contributed by atoms with Crippen LogP contribution >= 0.6 is 11.8 Å². The highest BCUT2D eigenvalue weighted by atomic mass is 32.2. The standard InChI is InChI=1S/C11H15F2NS/c1-9-10(12)3-2-7-15-8-6-14-5-4-11(9)13/h3-5,14H,2,6-8H2,1H3/b5-4+,10-3+,11-9+. The van der Waals surface area contributed by atoms with Gasteiger partial charge in [-0.1, -0.05) is 0 Å². The third-order valence-corrected chi connectivity index (χ3v) is 3.06. The molecule has 0 bridgehead atoms. The molecule has 0 saturated heterocycles. The molecule has 1 aliphatic rings. The van der Waals surface area contributed by atoms with Gasteiger partial charge in [-0.3, -0.25) is 0 Å². The van der Waals surface area contributed by atoms with Gasteiger partial charge in [0.25, 0.3) is 0 Å². The molecular weight excluding hydrogens is 216 g/mol. The van der Waals surface area contributed by atoms with Crippen molar-refractivity contribution >= 4 is 11.8 Å². The molecule has 1 N–H and O–H groups in total. The molecule has 0 unspecified atom stereocenters. The summed E-state index contributed by atoms with van der Waals surface area (Å²) in [5.41, 5.74) is 0.0682. The highest BCUT2D eigenvalue weighted by Crippen LogP contribution is 2.19. The number of halogens is 2. The van der Waals surface area contributed by atoms with E-state index in [2.05, 4.69) is 5.32 Å². The molecule has 15 heavy (non-hydrogen) atoms. The van der Waals surface area contributed by atoms with Crippen molar-refractivity contribution in [2.24, 2.45) is 0 Å². The van der Waals surface area contributed by atoms with Crippen molar-refractivity contribution < 1.29 is 8.78 Å². The van der Waals surface area contributed by atoms with Gasteiger partial charge in [0.05, 0.1) is 0 Å². The monoisotopic (exact) mass is 231 g/mol. The summed E-state index contributed by atoms with van der Waals surface area (Å²) in [7, 11) is 0. The van der Waals surface area contributed by atoms with E-state index in [-0.39, 0.29) is 5.57 Å². The molecule has 0 radical (unpaired) electrons. The first-order valence-electron chi connectivity index (χ1n) is 4.92. The van der Waals surface area contributed by atoms with Crippen molar-refractivity contribution in [2.45, 2.75) is 13.3 Å². The van der Waals surface area contributed by atoms with Gasteiger partial charge in [-0.15, -0.1) is 0 Å². The topological polar surface area (TPSA) is 12.0 Å². The summed E-state index contributed by atoms with van der Waals surface area (Å²) in [6, 6.07) is 0. The van der Waals surface area contributed by atoms with E-state index in [4.69, 9.17) is 0 Å². The average Bonchev–Trinajstić information content (AvgIpc) is 2.23. The van der Waals surface area contributed by atoms with E-state index >= 15 is 0 Å². The summed E-state index contributed by atoms with van der Waals surface area (Å²) < 4.78 is 26.6. The molecule has 0 spiro atoms. The van der Waals surface area contributed by atoms with Gasteiger partial charge in [-0.05, 0) is 37.4 Å². The lowest BCUT2D eigenvalue weighted by atomic mass is 10.2. The maximum absolute atomic E-state index is 13.3. The van der Waals surface area contributed by atoms with Crippen molar-refractivity contribution in [3.8, 4) is 0 Å². The fourth-order valence-corrected chi connectivity index (χ4v) is 1.86. The normalized spacial score (nSPS) is 30.5. The van der Waals surface area contributed by atoms with Crippen LogP contribution in [0, 0.1) is 0 Å². The number of rotatable bonds is 0. The molecule has 0 amide bonds. The highest BCUT2D eigenvalue weighted by Gasteiger charge is 2.04. The van der Waals surface area contributed by atoms with Gasteiger partial charge < -0.3 is 5.32 Å². The lowest BCUT2D eigenvalue weighted by molar-refractivity contribution is 0.606. The Balaban J connectivity index is 2.78. The predicted octanol–water partition coefficient (Wildman–Crippen LogP) is 3.32. The fraction of sp³-hybridized carbons (Fsp3) is 0.455. The second-order valence-corrected chi connectivity index (χ2v) is 4.44.